The van der Waals surface area contributed by atoms with Gasteiger partial charge in [-0.3, -0.25) is 4.79 Å². The molecule has 1 fully saturated rings. The number of rotatable bonds is 4. The minimum absolute atomic E-state index is 0.118. The van der Waals surface area contributed by atoms with Crippen molar-refractivity contribution in [2.45, 2.75) is 38.1 Å². The molecule has 2 aliphatic heterocycles. The second-order valence-electron chi connectivity index (χ2n) is 8.52. The SMILES string of the molecule is Cc1ccc(S(=O)(=O)N2CC[NH+](CC(=O)N3c4ccccc4C[C@H]3C)CC2)cc1C. The Morgan fingerprint density at radius 2 is 1.77 bits per heavy atom. The van der Waals surface area contributed by atoms with Gasteiger partial charge in [-0.2, -0.15) is 4.31 Å². The van der Waals surface area contributed by atoms with Crippen LogP contribution >= 0.6 is 0 Å². The van der Waals surface area contributed by atoms with Crippen molar-refractivity contribution in [1.82, 2.24) is 4.31 Å². The van der Waals surface area contributed by atoms with E-state index in [4.69, 9.17) is 0 Å². The van der Waals surface area contributed by atoms with Crippen LogP contribution in [0.3, 0.4) is 0 Å². The highest BCUT2D eigenvalue weighted by molar-refractivity contribution is 7.89. The molecule has 1 saturated heterocycles. The molecule has 6 nitrogen and oxygen atoms in total. The highest BCUT2D eigenvalue weighted by atomic mass is 32.2. The summed E-state index contributed by atoms with van der Waals surface area (Å²) in [6.07, 6.45) is 0.888. The van der Waals surface area contributed by atoms with Gasteiger partial charge in [0.15, 0.2) is 6.54 Å². The van der Waals surface area contributed by atoms with E-state index in [0.29, 0.717) is 37.6 Å². The fourth-order valence-electron chi connectivity index (χ4n) is 4.49. The first-order chi connectivity index (χ1) is 14.3. The maximum Gasteiger partial charge on any atom is 0.282 e. The Kier molecular flexibility index (Phi) is 5.70. The number of para-hydroxylation sites is 1. The Bertz CT molecular complexity index is 1060. The summed E-state index contributed by atoms with van der Waals surface area (Å²) in [7, 11) is -3.49. The molecule has 7 heteroatoms. The Hall–Kier alpha value is -2.22. The number of fused-ring (bicyclic) bond motifs is 1. The van der Waals surface area contributed by atoms with Crippen LogP contribution in [0.5, 0.6) is 0 Å². The van der Waals surface area contributed by atoms with E-state index in [9.17, 15) is 13.2 Å². The molecule has 1 N–H and O–H groups in total. The molecule has 2 aliphatic rings. The topological polar surface area (TPSA) is 62.1 Å². The maximum atomic E-state index is 13.0. The number of piperazine rings is 1. The molecule has 1 amide bonds. The number of sulfonamides is 1. The van der Waals surface area contributed by atoms with Gasteiger partial charge in [0.1, 0.15) is 0 Å². The molecule has 0 saturated carbocycles. The van der Waals surface area contributed by atoms with E-state index in [-0.39, 0.29) is 11.9 Å². The molecule has 0 spiro atoms. The van der Waals surface area contributed by atoms with Crippen LogP contribution in [0, 0.1) is 13.8 Å². The number of anilines is 1. The molecule has 0 radical (unpaired) electrons. The van der Waals surface area contributed by atoms with Gasteiger partial charge < -0.3 is 9.80 Å². The number of nitrogens with zero attached hydrogens (tertiary/aromatic N) is 2. The minimum atomic E-state index is -3.49. The Morgan fingerprint density at radius 3 is 2.47 bits per heavy atom. The monoisotopic (exact) mass is 428 g/mol. The van der Waals surface area contributed by atoms with E-state index in [1.165, 1.54) is 5.56 Å². The van der Waals surface area contributed by atoms with Crippen molar-refractivity contribution in [2.75, 3.05) is 37.6 Å². The molecule has 4 rings (SSSR count). The summed E-state index contributed by atoms with van der Waals surface area (Å²) < 4.78 is 27.6. The zero-order chi connectivity index (χ0) is 21.5. The molecular formula is C23H30N3O3S+. The Balaban J connectivity index is 1.39. The fourth-order valence-corrected chi connectivity index (χ4v) is 6.01. The molecular weight excluding hydrogens is 398 g/mol. The van der Waals surface area contributed by atoms with Crippen molar-refractivity contribution in [3.8, 4) is 0 Å². The molecule has 0 aromatic heterocycles. The summed E-state index contributed by atoms with van der Waals surface area (Å²) in [6, 6.07) is 13.5. The summed E-state index contributed by atoms with van der Waals surface area (Å²) in [5.74, 6) is 0.118. The molecule has 0 aliphatic carbocycles. The quantitative estimate of drug-likeness (QED) is 0.795. The summed E-state index contributed by atoms with van der Waals surface area (Å²) in [5, 5.41) is 0. The lowest BCUT2D eigenvalue weighted by Gasteiger charge is -2.32. The van der Waals surface area contributed by atoms with Crippen molar-refractivity contribution in [3.05, 3.63) is 59.2 Å². The maximum absolute atomic E-state index is 13.0. The Morgan fingerprint density at radius 1 is 1.07 bits per heavy atom. The number of hydrogen-bond donors (Lipinski definition) is 1. The second-order valence-corrected chi connectivity index (χ2v) is 10.5. The van der Waals surface area contributed by atoms with Crippen LogP contribution in [-0.2, 0) is 21.2 Å². The first-order valence-corrected chi connectivity index (χ1v) is 12.0. The van der Waals surface area contributed by atoms with Crippen molar-refractivity contribution >= 4 is 21.6 Å². The highest BCUT2D eigenvalue weighted by Crippen LogP contribution is 2.31. The van der Waals surface area contributed by atoms with E-state index < -0.39 is 10.0 Å². The van der Waals surface area contributed by atoms with E-state index >= 15 is 0 Å². The van der Waals surface area contributed by atoms with Gasteiger partial charge in [-0.1, -0.05) is 24.3 Å². The van der Waals surface area contributed by atoms with E-state index in [1.807, 2.05) is 43.0 Å². The average molecular weight is 429 g/mol. The number of benzene rings is 2. The summed E-state index contributed by atoms with van der Waals surface area (Å²) >= 11 is 0. The summed E-state index contributed by atoms with van der Waals surface area (Å²) in [4.78, 5) is 16.4. The summed E-state index contributed by atoms with van der Waals surface area (Å²) in [5.41, 5.74) is 4.30. The van der Waals surface area contributed by atoms with Gasteiger partial charge in [0.05, 0.1) is 31.1 Å². The predicted molar refractivity (Wildman–Crippen MR) is 117 cm³/mol. The van der Waals surface area contributed by atoms with Crippen LogP contribution in [0.15, 0.2) is 47.4 Å². The normalized spacial score (nSPS) is 20.4. The smallest absolute Gasteiger partial charge is 0.282 e. The number of nitrogens with one attached hydrogen (secondary N) is 1. The van der Waals surface area contributed by atoms with E-state index in [0.717, 1.165) is 28.1 Å². The van der Waals surface area contributed by atoms with Gasteiger partial charge in [0.25, 0.3) is 5.91 Å². The van der Waals surface area contributed by atoms with Gasteiger partial charge >= 0.3 is 0 Å². The molecule has 30 heavy (non-hydrogen) atoms. The minimum Gasteiger partial charge on any atom is -0.325 e. The van der Waals surface area contributed by atoms with Crippen LogP contribution in [0.25, 0.3) is 0 Å². The number of quaternary nitrogens is 1. The lowest BCUT2D eigenvalue weighted by Crippen LogP contribution is -3.15. The highest BCUT2D eigenvalue weighted by Gasteiger charge is 2.35. The molecule has 160 valence electrons. The standard InChI is InChI=1S/C23H29N3O3S/c1-17-8-9-21(14-18(17)2)30(28,29)25-12-10-24(11-13-25)16-23(27)26-19(3)15-20-6-4-5-7-22(20)26/h4-9,14,19H,10-13,15-16H2,1-3H3/p+1/t19-/m1/s1. The summed E-state index contributed by atoms with van der Waals surface area (Å²) in [6.45, 7) is 8.54. The second kappa shape index (κ2) is 8.13. The average Bonchev–Trinajstić information content (AvgIpc) is 3.06. The lowest BCUT2D eigenvalue weighted by atomic mass is 10.1. The first-order valence-electron chi connectivity index (χ1n) is 10.6. The van der Waals surface area contributed by atoms with Crippen LogP contribution in [-0.4, -0.2) is 57.4 Å². The number of hydrogen-bond acceptors (Lipinski definition) is 3. The molecule has 0 unspecified atom stereocenters. The van der Waals surface area contributed by atoms with Crippen LogP contribution in [0.4, 0.5) is 5.69 Å². The van der Waals surface area contributed by atoms with E-state index in [2.05, 4.69) is 13.0 Å². The molecule has 2 aromatic carbocycles. The third kappa shape index (κ3) is 3.89. The number of carbonyl (C=O) groups is 1. The molecule has 2 aromatic rings. The fraction of sp³-hybridized carbons (Fsp3) is 0.435. The number of aryl methyl sites for hydroxylation is 2. The van der Waals surface area contributed by atoms with Gasteiger partial charge in [-0.25, -0.2) is 8.42 Å². The zero-order valence-electron chi connectivity index (χ0n) is 17.9. The van der Waals surface area contributed by atoms with Gasteiger partial charge in [0, 0.05) is 11.7 Å². The largest absolute Gasteiger partial charge is 0.325 e. The van der Waals surface area contributed by atoms with Gasteiger partial charge in [-0.05, 0) is 62.1 Å². The van der Waals surface area contributed by atoms with Crippen LogP contribution < -0.4 is 9.80 Å². The predicted octanol–water partition coefficient (Wildman–Crippen LogP) is 1.17. The van der Waals surface area contributed by atoms with Gasteiger partial charge in [-0.15, -0.1) is 0 Å². The van der Waals surface area contributed by atoms with Crippen molar-refractivity contribution < 1.29 is 18.1 Å². The van der Waals surface area contributed by atoms with Crippen molar-refractivity contribution in [1.29, 1.82) is 0 Å². The van der Waals surface area contributed by atoms with Crippen molar-refractivity contribution in [2.24, 2.45) is 0 Å². The Labute approximate surface area is 179 Å². The van der Waals surface area contributed by atoms with Gasteiger partial charge in [0.2, 0.25) is 10.0 Å². The number of amides is 1. The van der Waals surface area contributed by atoms with Crippen molar-refractivity contribution in [3.63, 3.8) is 0 Å². The first kappa shape index (κ1) is 21.0. The molecule has 1 atom stereocenters. The lowest BCUT2D eigenvalue weighted by molar-refractivity contribution is -0.895. The third-order valence-corrected chi connectivity index (χ3v) is 8.32. The zero-order valence-corrected chi connectivity index (χ0v) is 18.7. The van der Waals surface area contributed by atoms with Crippen LogP contribution in [0.2, 0.25) is 0 Å². The number of carbonyl (C=O) groups excluding carboxylic acids is 1. The molecule has 2 heterocycles. The van der Waals surface area contributed by atoms with Crippen LogP contribution in [0.1, 0.15) is 23.6 Å². The van der Waals surface area contributed by atoms with E-state index in [1.54, 1.807) is 16.4 Å². The molecule has 0 bridgehead atoms. The third-order valence-electron chi connectivity index (χ3n) is 6.42.